The molecule has 6 nitrogen and oxygen atoms in total. The predicted octanol–water partition coefficient (Wildman–Crippen LogP) is 3.91. The van der Waals surface area contributed by atoms with E-state index in [9.17, 15) is 9.59 Å². The summed E-state index contributed by atoms with van der Waals surface area (Å²) in [6.45, 7) is 7.59. The molecule has 2 aromatic carbocycles. The van der Waals surface area contributed by atoms with E-state index in [4.69, 9.17) is 4.74 Å². The zero-order chi connectivity index (χ0) is 20.4. The van der Waals surface area contributed by atoms with Crippen molar-refractivity contribution < 1.29 is 14.3 Å². The van der Waals surface area contributed by atoms with Crippen molar-refractivity contribution in [1.29, 1.82) is 0 Å². The summed E-state index contributed by atoms with van der Waals surface area (Å²) >= 11 is 0. The maximum atomic E-state index is 12.2. The van der Waals surface area contributed by atoms with E-state index in [0.717, 1.165) is 17.9 Å². The van der Waals surface area contributed by atoms with Crippen LogP contribution in [0.25, 0.3) is 0 Å². The fourth-order valence-electron chi connectivity index (χ4n) is 2.40. The fourth-order valence-corrected chi connectivity index (χ4v) is 2.40. The molecule has 0 aliphatic carbocycles. The highest BCUT2D eigenvalue weighted by Crippen LogP contribution is 2.16. The third kappa shape index (κ3) is 7.31. The Bertz CT molecular complexity index is 773. The van der Waals surface area contributed by atoms with E-state index in [1.54, 1.807) is 18.2 Å². The molecule has 0 bridgehead atoms. The third-order valence-electron chi connectivity index (χ3n) is 3.83. The number of carbonyl (C=O) groups excluding carboxylic acids is 2. The van der Waals surface area contributed by atoms with Gasteiger partial charge in [-0.05, 0) is 54.8 Å². The van der Waals surface area contributed by atoms with Crippen LogP contribution < -0.4 is 20.7 Å². The number of ether oxygens (including phenoxy) is 1. The molecule has 0 aliphatic rings. The molecule has 0 aromatic heterocycles. The topological polar surface area (TPSA) is 79.5 Å². The Kier molecular flexibility index (Phi) is 8.34. The minimum absolute atomic E-state index is 0.103. The second-order valence-corrected chi connectivity index (χ2v) is 6.97. The van der Waals surface area contributed by atoms with Crippen molar-refractivity contribution in [3.8, 4) is 5.75 Å². The van der Waals surface area contributed by atoms with Crippen molar-refractivity contribution in [2.75, 3.05) is 30.3 Å². The lowest BCUT2D eigenvalue weighted by atomic mass is 10.2. The highest BCUT2D eigenvalue weighted by Gasteiger charge is 2.07. The third-order valence-corrected chi connectivity index (χ3v) is 3.83. The Balaban J connectivity index is 1.83. The second-order valence-electron chi connectivity index (χ2n) is 6.97. The van der Waals surface area contributed by atoms with Crippen molar-refractivity contribution in [2.45, 2.75) is 27.2 Å². The quantitative estimate of drug-likeness (QED) is 0.581. The van der Waals surface area contributed by atoms with Gasteiger partial charge in [-0.15, -0.1) is 0 Å². The Morgan fingerprint density at radius 2 is 1.79 bits per heavy atom. The summed E-state index contributed by atoms with van der Waals surface area (Å²) in [5.41, 5.74) is 1.99. The lowest BCUT2D eigenvalue weighted by Crippen LogP contribution is -2.24. The van der Waals surface area contributed by atoms with Gasteiger partial charge in [-0.25, -0.2) is 0 Å². The summed E-state index contributed by atoms with van der Waals surface area (Å²) in [4.78, 5) is 24.2. The number of carbonyl (C=O) groups is 2. The molecule has 0 atom stereocenters. The van der Waals surface area contributed by atoms with Gasteiger partial charge in [0.1, 0.15) is 5.75 Å². The van der Waals surface area contributed by atoms with Crippen LogP contribution in [-0.2, 0) is 4.79 Å². The van der Waals surface area contributed by atoms with Gasteiger partial charge in [0.2, 0.25) is 5.91 Å². The minimum atomic E-state index is -0.170. The summed E-state index contributed by atoms with van der Waals surface area (Å²) in [5.74, 6) is 0.955. The first-order valence-corrected chi connectivity index (χ1v) is 9.62. The van der Waals surface area contributed by atoms with E-state index in [1.165, 1.54) is 0 Å². The van der Waals surface area contributed by atoms with E-state index in [0.29, 0.717) is 30.3 Å². The van der Waals surface area contributed by atoms with Crippen molar-refractivity contribution in [1.82, 2.24) is 5.32 Å². The van der Waals surface area contributed by atoms with Crippen LogP contribution in [0.5, 0.6) is 5.75 Å². The molecule has 6 heteroatoms. The molecule has 28 heavy (non-hydrogen) atoms. The Morgan fingerprint density at radius 3 is 2.46 bits per heavy atom. The van der Waals surface area contributed by atoms with Crippen LogP contribution in [-0.4, -0.2) is 31.5 Å². The molecule has 0 saturated carbocycles. The van der Waals surface area contributed by atoms with Crippen LogP contribution >= 0.6 is 0 Å². The van der Waals surface area contributed by atoms with E-state index in [-0.39, 0.29) is 18.4 Å². The molecular formula is C22H29N3O3. The van der Waals surface area contributed by atoms with Gasteiger partial charge < -0.3 is 20.7 Å². The van der Waals surface area contributed by atoms with Crippen LogP contribution in [0.15, 0.2) is 48.5 Å². The molecule has 0 saturated heterocycles. The second kappa shape index (κ2) is 11.0. The lowest BCUT2D eigenvalue weighted by Gasteiger charge is -2.11. The first-order valence-electron chi connectivity index (χ1n) is 9.62. The van der Waals surface area contributed by atoms with Gasteiger partial charge in [0.05, 0.1) is 13.2 Å². The van der Waals surface area contributed by atoms with Gasteiger partial charge in [-0.1, -0.05) is 26.8 Å². The first-order chi connectivity index (χ1) is 13.5. The van der Waals surface area contributed by atoms with E-state index >= 15 is 0 Å². The standard InChI is InChI=1S/C22H29N3O3/c1-4-12-23-22(27)17-6-5-7-19(13-17)24-14-21(26)25-18-8-10-20(11-9-18)28-15-16(2)3/h5-11,13,16,24H,4,12,14-15H2,1-3H3,(H,23,27)(H,25,26). The van der Waals surface area contributed by atoms with Gasteiger partial charge in [0, 0.05) is 23.5 Å². The predicted molar refractivity (Wildman–Crippen MR) is 113 cm³/mol. The zero-order valence-electron chi connectivity index (χ0n) is 16.7. The number of rotatable bonds is 10. The highest BCUT2D eigenvalue weighted by atomic mass is 16.5. The molecular weight excluding hydrogens is 354 g/mol. The van der Waals surface area contributed by atoms with E-state index in [2.05, 4.69) is 29.8 Å². The molecule has 0 spiro atoms. The molecule has 2 rings (SSSR count). The number of nitrogens with one attached hydrogen (secondary N) is 3. The van der Waals surface area contributed by atoms with Crippen LogP contribution in [0.2, 0.25) is 0 Å². The average molecular weight is 383 g/mol. The number of hydrogen-bond donors (Lipinski definition) is 3. The van der Waals surface area contributed by atoms with Crippen LogP contribution in [0, 0.1) is 5.92 Å². The summed E-state index contributed by atoms with van der Waals surface area (Å²) < 4.78 is 5.63. The van der Waals surface area contributed by atoms with Crippen molar-refractivity contribution >= 4 is 23.2 Å². The molecule has 0 fully saturated rings. The minimum Gasteiger partial charge on any atom is -0.493 e. The number of amides is 2. The monoisotopic (exact) mass is 383 g/mol. The van der Waals surface area contributed by atoms with E-state index in [1.807, 2.05) is 37.3 Å². The molecule has 0 aliphatic heterocycles. The Hall–Kier alpha value is -3.02. The SMILES string of the molecule is CCCNC(=O)c1cccc(NCC(=O)Nc2ccc(OCC(C)C)cc2)c1. The summed E-state index contributed by atoms with van der Waals surface area (Å²) in [5, 5.41) is 8.71. The summed E-state index contributed by atoms with van der Waals surface area (Å²) in [7, 11) is 0. The molecule has 2 amide bonds. The van der Waals surface area contributed by atoms with Crippen LogP contribution in [0.4, 0.5) is 11.4 Å². The van der Waals surface area contributed by atoms with Gasteiger partial charge in [0.15, 0.2) is 0 Å². The van der Waals surface area contributed by atoms with Crippen molar-refractivity contribution in [2.24, 2.45) is 5.92 Å². The molecule has 0 heterocycles. The fraction of sp³-hybridized carbons (Fsp3) is 0.364. The van der Waals surface area contributed by atoms with Crippen molar-refractivity contribution in [3.63, 3.8) is 0 Å². The number of anilines is 2. The van der Waals surface area contributed by atoms with E-state index < -0.39 is 0 Å². The first kappa shape index (κ1) is 21.3. The molecule has 0 radical (unpaired) electrons. The average Bonchev–Trinajstić information content (AvgIpc) is 2.70. The molecule has 3 N–H and O–H groups in total. The maximum absolute atomic E-state index is 12.2. The molecule has 150 valence electrons. The van der Waals surface area contributed by atoms with Gasteiger partial charge >= 0.3 is 0 Å². The van der Waals surface area contributed by atoms with Gasteiger partial charge in [-0.2, -0.15) is 0 Å². The Morgan fingerprint density at radius 1 is 1.04 bits per heavy atom. The van der Waals surface area contributed by atoms with Crippen LogP contribution in [0.3, 0.4) is 0 Å². The van der Waals surface area contributed by atoms with Crippen molar-refractivity contribution in [3.05, 3.63) is 54.1 Å². The smallest absolute Gasteiger partial charge is 0.251 e. The summed E-state index contributed by atoms with van der Waals surface area (Å²) in [6.07, 6.45) is 0.884. The normalized spacial score (nSPS) is 10.4. The summed E-state index contributed by atoms with van der Waals surface area (Å²) in [6, 6.07) is 14.4. The largest absolute Gasteiger partial charge is 0.493 e. The molecule has 2 aromatic rings. The number of benzene rings is 2. The van der Waals surface area contributed by atoms with Gasteiger partial charge in [0.25, 0.3) is 5.91 Å². The number of hydrogen-bond acceptors (Lipinski definition) is 4. The molecule has 0 unspecified atom stereocenters. The zero-order valence-corrected chi connectivity index (χ0v) is 16.7. The van der Waals surface area contributed by atoms with Crippen LogP contribution in [0.1, 0.15) is 37.6 Å². The lowest BCUT2D eigenvalue weighted by molar-refractivity contribution is -0.114. The Labute approximate surface area is 166 Å². The highest BCUT2D eigenvalue weighted by molar-refractivity contribution is 5.96. The van der Waals surface area contributed by atoms with Gasteiger partial charge in [-0.3, -0.25) is 9.59 Å². The maximum Gasteiger partial charge on any atom is 0.251 e.